The Labute approximate surface area is 76.8 Å². The number of rotatable bonds is 1. The molecule has 1 heterocycles. The molecule has 0 saturated carbocycles. The minimum Gasteiger partial charge on any atom is -0.455 e. The Bertz CT molecular complexity index is 352. The number of esters is 1. The molecule has 2 heteroatoms. The van der Waals surface area contributed by atoms with E-state index in [-0.39, 0.29) is 12.1 Å². The van der Waals surface area contributed by atoms with Crippen LogP contribution in [0.3, 0.4) is 0 Å². The fourth-order valence-electron chi connectivity index (χ4n) is 1.46. The maximum absolute atomic E-state index is 10.9. The highest BCUT2D eigenvalue weighted by Crippen LogP contribution is 2.25. The summed E-state index contributed by atoms with van der Waals surface area (Å²) in [6.45, 7) is 1.88. The van der Waals surface area contributed by atoms with Gasteiger partial charge in [0.1, 0.15) is 6.10 Å². The van der Waals surface area contributed by atoms with Gasteiger partial charge in [-0.05, 0) is 12.5 Å². The van der Waals surface area contributed by atoms with E-state index < -0.39 is 0 Å². The molecule has 0 N–H and O–H groups in total. The Morgan fingerprint density at radius 3 is 2.46 bits per heavy atom. The largest absolute Gasteiger partial charge is 0.455 e. The van der Waals surface area contributed by atoms with E-state index in [1.54, 1.807) is 6.08 Å². The van der Waals surface area contributed by atoms with Crippen LogP contribution in [0.15, 0.2) is 36.4 Å². The maximum atomic E-state index is 10.9. The molecule has 1 aromatic rings. The first kappa shape index (κ1) is 8.05. The zero-order valence-corrected chi connectivity index (χ0v) is 7.36. The Hall–Kier alpha value is -1.57. The van der Waals surface area contributed by atoms with Gasteiger partial charge in [0.15, 0.2) is 0 Å². The summed E-state index contributed by atoms with van der Waals surface area (Å²) in [5, 5.41) is 0. The van der Waals surface area contributed by atoms with E-state index in [2.05, 4.69) is 0 Å². The number of benzene rings is 1. The molecule has 0 saturated heterocycles. The fraction of sp³-hybridized carbons (Fsp3) is 0.182. The fourth-order valence-corrected chi connectivity index (χ4v) is 1.46. The Kier molecular flexibility index (Phi) is 1.89. The number of hydrogen-bond donors (Lipinski definition) is 0. The summed E-state index contributed by atoms with van der Waals surface area (Å²) in [6.07, 6.45) is 1.44. The molecule has 2 nitrogen and oxygen atoms in total. The summed E-state index contributed by atoms with van der Waals surface area (Å²) in [5.74, 6) is -0.244. The van der Waals surface area contributed by atoms with Crippen molar-refractivity contribution in [3.8, 4) is 0 Å². The van der Waals surface area contributed by atoms with Crippen molar-refractivity contribution in [3.05, 3.63) is 42.0 Å². The minimum absolute atomic E-state index is 0.116. The second-order valence-corrected chi connectivity index (χ2v) is 3.04. The minimum atomic E-state index is -0.244. The molecule has 0 radical (unpaired) electrons. The second-order valence-electron chi connectivity index (χ2n) is 3.04. The lowest BCUT2D eigenvalue weighted by Crippen LogP contribution is -2.05. The average molecular weight is 174 g/mol. The van der Waals surface area contributed by atoms with Gasteiger partial charge in [-0.1, -0.05) is 30.3 Å². The van der Waals surface area contributed by atoms with Crippen LogP contribution in [0.1, 0.15) is 12.5 Å². The van der Waals surface area contributed by atoms with Crippen molar-refractivity contribution in [2.24, 2.45) is 0 Å². The SMILES string of the molecule is CC1OC(=O)C=C1c1ccccc1. The molecule has 0 bridgehead atoms. The molecule has 2 rings (SSSR count). The first-order valence-corrected chi connectivity index (χ1v) is 4.25. The lowest BCUT2D eigenvalue weighted by atomic mass is 10.0. The lowest BCUT2D eigenvalue weighted by Gasteiger charge is -2.07. The molecule has 1 aliphatic heterocycles. The van der Waals surface area contributed by atoms with Gasteiger partial charge < -0.3 is 4.74 Å². The predicted molar refractivity (Wildman–Crippen MR) is 50.0 cm³/mol. The molecular weight excluding hydrogens is 164 g/mol. The van der Waals surface area contributed by atoms with Gasteiger partial charge in [-0.3, -0.25) is 0 Å². The summed E-state index contributed by atoms with van der Waals surface area (Å²) < 4.78 is 5.00. The van der Waals surface area contributed by atoms with E-state index in [0.717, 1.165) is 11.1 Å². The van der Waals surface area contributed by atoms with Crippen LogP contribution in [-0.2, 0) is 9.53 Å². The average Bonchev–Trinajstić information content (AvgIpc) is 2.47. The van der Waals surface area contributed by atoms with E-state index in [1.807, 2.05) is 37.3 Å². The zero-order chi connectivity index (χ0) is 9.26. The van der Waals surface area contributed by atoms with Crippen LogP contribution in [0.2, 0.25) is 0 Å². The lowest BCUT2D eigenvalue weighted by molar-refractivity contribution is -0.137. The van der Waals surface area contributed by atoms with Crippen LogP contribution >= 0.6 is 0 Å². The van der Waals surface area contributed by atoms with Crippen molar-refractivity contribution < 1.29 is 9.53 Å². The van der Waals surface area contributed by atoms with Gasteiger partial charge in [-0.2, -0.15) is 0 Å². The van der Waals surface area contributed by atoms with Gasteiger partial charge in [0.25, 0.3) is 0 Å². The van der Waals surface area contributed by atoms with Crippen molar-refractivity contribution in [1.82, 2.24) is 0 Å². The summed E-state index contributed by atoms with van der Waals surface area (Å²) >= 11 is 0. The van der Waals surface area contributed by atoms with Crippen molar-refractivity contribution in [2.45, 2.75) is 13.0 Å². The smallest absolute Gasteiger partial charge is 0.331 e. The number of hydrogen-bond acceptors (Lipinski definition) is 2. The molecule has 1 unspecified atom stereocenters. The third-order valence-corrected chi connectivity index (χ3v) is 2.11. The van der Waals surface area contributed by atoms with E-state index in [4.69, 9.17) is 4.74 Å². The third-order valence-electron chi connectivity index (χ3n) is 2.11. The summed E-state index contributed by atoms with van der Waals surface area (Å²) in [7, 11) is 0. The first-order valence-electron chi connectivity index (χ1n) is 4.25. The van der Waals surface area contributed by atoms with Crippen molar-refractivity contribution in [1.29, 1.82) is 0 Å². The number of carbonyl (C=O) groups is 1. The molecular formula is C11H10O2. The van der Waals surface area contributed by atoms with Crippen LogP contribution in [-0.4, -0.2) is 12.1 Å². The number of ether oxygens (including phenoxy) is 1. The molecule has 0 aromatic heterocycles. The summed E-state index contributed by atoms with van der Waals surface area (Å²) in [5.41, 5.74) is 2.02. The molecule has 0 amide bonds. The molecule has 66 valence electrons. The molecule has 0 fully saturated rings. The van der Waals surface area contributed by atoms with Gasteiger partial charge >= 0.3 is 5.97 Å². The van der Waals surface area contributed by atoms with Crippen molar-refractivity contribution in [3.63, 3.8) is 0 Å². The topological polar surface area (TPSA) is 26.3 Å². The second kappa shape index (κ2) is 3.05. The monoisotopic (exact) mass is 174 g/mol. The van der Waals surface area contributed by atoms with Gasteiger partial charge in [-0.25, -0.2) is 4.79 Å². The molecule has 1 aliphatic rings. The first-order chi connectivity index (χ1) is 6.27. The van der Waals surface area contributed by atoms with Gasteiger partial charge in [0, 0.05) is 11.6 Å². The Morgan fingerprint density at radius 1 is 1.23 bits per heavy atom. The Morgan fingerprint density at radius 2 is 1.92 bits per heavy atom. The Balaban J connectivity index is 2.37. The van der Waals surface area contributed by atoms with Crippen LogP contribution in [0.5, 0.6) is 0 Å². The van der Waals surface area contributed by atoms with E-state index in [1.165, 1.54) is 0 Å². The summed E-state index contributed by atoms with van der Waals surface area (Å²) in [4.78, 5) is 10.9. The van der Waals surface area contributed by atoms with Crippen LogP contribution in [0, 0.1) is 0 Å². The van der Waals surface area contributed by atoms with Gasteiger partial charge in [0.2, 0.25) is 0 Å². The highest BCUT2D eigenvalue weighted by Gasteiger charge is 2.22. The summed E-state index contributed by atoms with van der Waals surface area (Å²) in [6, 6.07) is 9.80. The number of carbonyl (C=O) groups excluding carboxylic acids is 1. The van der Waals surface area contributed by atoms with Gasteiger partial charge in [0.05, 0.1) is 0 Å². The van der Waals surface area contributed by atoms with Crippen molar-refractivity contribution >= 4 is 11.5 Å². The maximum Gasteiger partial charge on any atom is 0.331 e. The molecule has 0 aliphatic carbocycles. The van der Waals surface area contributed by atoms with Gasteiger partial charge in [-0.15, -0.1) is 0 Å². The normalized spacial score (nSPS) is 21.2. The third kappa shape index (κ3) is 1.47. The standard InChI is InChI=1S/C11H10O2/c1-8-10(7-11(12)13-8)9-5-3-2-4-6-9/h2-8H,1H3. The highest BCUT2D eigenvalue weighted by molar-refractivity contribution is 5.96. The molecule has 0 spiro atoms. The molecule has 1 atom stereocenters. The highest BCUT2D eigenvalue weighted by atomic mass is 16.5. The van der Waals surface area contributed by atoms with Crippen LogP contribution in [0.4, 0.5) is 0 Å². The quantitative estimate of drug-likeness (QED) is 0.609. The van der Waals surface area contributed by atoms with E-state index in [0.29, 0.717) is 0 Å². The zero-order valence-electron chi connectivity index (χ0n) is 7.36. The van der Waals surface area contributed by atoms with Crippen LogP contribution in [0.25, 0.3) is 5.57 Å². The molecule has 13 heavy (non-hydrogen) atoms. The van der Waals surface area contributed by atoms with E-state index in [9.17, 15) is 4.79 Å². The molecule has 1 aromatic carbocycles. The predicted octanol–water partition coefficient (Wildman–Crippen LogP) is 2.02. The van der Waals surface area contributed by atoms with Crippen molar-refractivity contribution in [2.75, 3.05) is 0 Å². The van der Waals surface area contributed by atoms with E-state index >= 15 is 0 Å². The van der Waals surface area contributed by atoms with Crippen LogP contribution < -0.4 is 0 Å². The number of cyclic esters (lactones) is 1.